The molecular formula is C19H17N2O6-. The van der Waals surface area contributed by atoms with Gasteiger partial charge in [0.1, 0.15) is 11.3 Å². The molecule has 3 rings (SSSR count). The summed E-state index contributed by atoms with van der Waals surface area (Å²) in [7, 11) is 0. The van der Waals surface area contributed by atoms with Gasteiger partial charge in [0.25, 0.3) is 11.6 Å². The number of hydrogen-bond donors (Lipinski definition) is 1. The Labute approximate surface area is 154 Å². The van der Waals surface area contributed by atoms with Crippen molar-refractivity contribution >= 4 is 22.6 Å². The molecule has 0 spiro atoms. The number of nitrogens with one attached hydrogen (secondary N) is 1. The van der Waals surface area contributed by atoms with Crippen molar-refractivity contribution in [3.63, 3.8) is 0 Å². The van der Waals surface area contributed by atoms with Crippen molar-refractivity contribution in [1.82, 2.24) is 5.32 Å². The smallest absolute Gasteiger partial charge is 0.287 e. The van der Waals surface area contributed by atoms with Gasteiger partial charge in [0.05, 0.1) is 11.5 Å². The predicted octanol–water partition coefficient (Wildman–Crippen LogP) is 3.05. The second-order valence-electron chi connectivity index (χ2n) is 5.88. The molecule has 8 heteroatoms. The summed E-state index contributed by atoms with van der Waals surface area (Å²) in [6, 6.07) is 8.67. The van der Waals surface area contributed by atoms with Gasteiger partial charge < -0.3 is 19.6 Å². The van der Waals surface area contributed by atoms with Crippen molar-refractivity contribution in [2.75, 3.05) is 6.61 Å². The van der Waals surface area contributed by atoms with Crippen LogP contribution in [0.25, 0.3) is 11.0 Å². The Bertz CT molecular complexity index is 1020. The van der Waals surface area contributed by atoms with Crippen LogP contribution in [-0.2, 0) is 6.54 Å². The molecule has 0 fully saturated rings. The highest BCUT2D eigenvalue weighted by molar-refractivity contribution is 5.99. The molecule has 3 aromatic rings. The van der Waals surface area contributed by atoms with Crippen LogP contribution < -0.4 is 15.2 Å². The zero-order valence-electron chi connectivity index (χ0n) is 14.8. The highest BCUT2D eigenvalue weighted by atomic mass is 16.6. The first-order chi connectivity index (χ1) is 12.9. The average Bonchev–Trinajstić information content (AvgIpc) is 2.97. The number of aryl methyl sites for hydroxylation is 1. The number of hydrogen-bond acceptors (Lipinski definition) is 6. The van der Waals surface area contributed by atoms with Crippen LogP contribution in [0.4, 0.5) is 5.69 Å². The van der Waals surface area contributed by atoms with Crippen molar-refractivity contribution in [3.05, 3.63) is 63.4 Å². The van der Waals surface area contributed by atoms with E-state index in [2.05, 4.69) is 5.32 Å². The van der Waals surface area contributed by atoms with Gasteiger partial charge in [-0.1, -0.05) is 6.07 Å². The molecule has 2 aromatic carbocycles. The van der Waals surface area contributed by atoms with Crippen LogP contribution in [0.5, 0.6) is 11.5 Å². The molecule has 8 nitrogen and oxygen atoms in total. The van der Waals surface area contributed by atoms with E-state index in [0.29, 0.717) is 23.5 Å². The number of nitro benzene ring substituents is 1. The summed E-state index contributed by atoms with van der Waals surface area (Å²) in [4.78, 5) is 22.7. The van der Waals surface area contributed by atoms with Crippen LogP contribution in [0.15, 0.2) is 40.8 Å². The van der Waals surface area contributed by atoms with Gasteiger partial charge in [-0.05, 0) is 37.6 Å². The molecule has 0 aliphatic carbocycles. The van der Waals surface area contributed by atoms with Gasteiger partial charge >= 0.3 is 0 Å². The molecule has 0 aliphatic heterocycles. The summed E-state index contributed by atoms with van der Waals surface area (Å²) in [6.45, 7) is 4.02. The number of fused-ring (bicyclic) bond motifs is 1. The van der Waals surface area contributed by atoms with Gasteiger partial charge in [-0.3, -0.25) is 14.9 Å². The first-order valence-electron chi connectivity index (χ1n) is 8.29. The Hall–Kier alpha value is -3.55. The number of ether oxygens (including phenoxy) is 1. The highest BCUT2D eigenvalue weighted by Crippen LogP contribution is 2.29. The number of non-ortho nitro benzene ring substituents is 1. The molecule has 0 unspecified atom stereocenters. The van der Waals surface area contributed by atoms with Crippen LogP contribution in [0.1, 0.15) is 28.6 Å². The zero-order chi connectivity index (χ0) is 19.6. The first-order valence-corrected chi connectivity index (χ1v) is 8.29. The van der Waals surface area contributed by atoms with E-state index in [1.165, 1.54) is 0 Å². The van der Waals surface area contributed by atoms with Crippen LogP contribution in [0, 0.1) is 17.0 Å². The molecule has 1 heterocycles. The quantitative estimate of drug-likeness (QED) is 0.527. The Balaban J connectivity index is 1.81. The van der Waals surface area contributed by atoms with Crippen LogP contribution in [0.3, 0.4) is 0 Å². The van der Waals surface area contributed by atoms with E-state index in [1.807, 2.05) is 6.92 Å². The fourth-order valence-electron chi connectivity index (χ4n) is 2.75. The molecule has 1 aromatic heterocycles. The summed E-state index contributed by atoms with van der Waals surface area (Å²) in [5.41, 5.74) is 1.11. The van der Waals surface area contributed by atoms with E-state index in [0.717, 1.165) is 23.6 Å². The molecule has 0 atom stereocenters. The second-order valence-corrected chi connectivity index (χ2v) is 5.88. The SMILES string of the molecule is CCOc1ccc2oc(C(=O)NCc3cc([N+](=O)[O-])ccc3[O-])c(C)c2c1. The number of carbonyl (C=O) groups is 1. The Morgan fingerprint density at radius 1 is 1.26 bits per heavy atom. The summed E-state index contributed by atoms with van der Waals surface area (Å²) in [5, 5.41) is 26.0. The summed E-state index contributed by atoms with van der Waals surface area (Å²) < 4.78 is 11.1. The number of nitro groups is 1. The average molecular weight is 369 g/mol. The lowest BCUT2D eigenvalue weighted by molar-refractivity contribution is -0.385. The van der Waals surface area contributed by atoms with E-state index in [9.17, 15) is 20.0 Å². The molecule has 27 heavy (non-hydrogen) atoms. The molecule has 0 radical (unpaired) electrons. The maximum absolute atomic E-state index is 12.5. The van der Waals surface area contributed by atoms with Gasteiger partial charge in [0.2, 0.25) is 0 Å². The highest BCUT2D eigenvalue weighted by Gasteiger charge is 2.18. The Morgan fingerprint density at radius 3 is 2.74 bits per heavy atom. The minimum atomic E-state index is -0.593. The van der Waals surface area contributed by atoms with Gasteiger partial charge in [0, 0.05) is 29.6 Å². The van der Waals surface area contributed by atoms with Crippen molar-refractivity contribution < 1.29 is 24.0 Å². The molecule has 0 bridgehead atoms. The van der Waals surface area contributed by atoms with Crippen LogP contribution >= 0.6 is 0 Å². The maximum Gasteiger partial charge on any atom is 0.287 e. The fourth-order valence-corrected chi connectivity index (χ4v) is 2.75. The molecular weight excluding hydrogens is 352 g/mol. The predicted molar refractivity (Wildman–Crippen MR) is 95.8 cm³/mol. The van der Waals surface area contributed by atoms with Gasteiger partial charge in [0.15, 0.2) is 5.76 Å². The van der Waals surface area contributed by atoms with Gasteiger partial charge in [-0.2, -0.15) is 0 Å². The molecule has 0 saturated carbocycles. The second kappa shape index (κ2) is 7.36. The lowest BCUT2D eigenvalue weighted by atomic mass is 10.1. The van der Waals surface area contributed by atoms with Crippen LogP contribution in [-0.4, -0.2) is 17.4 Å². The number of benzene rings is 2. The minimum absolute atomic E-state index is 0.122. The molecule has 140 valence electrons. The molecule has 1 amide bonds. The Morgan fingerprint density at radius 2 is 2.04 bits per heavy atom. The van der Waals surface area contributed by atoms with Crippen LogP contribution in [0.2, 0.25) is 0 Å². The number of nitrogens with zero attached hydrogens (tertiary/aromatic N) is 1. The third-order valence-electron chi connectivity index (χ3n) is 4.12. The van der Waals surface area contributed by atoms with Crippen molar-refractivity contribution in [3.8, 4) is 11.5 Å². The summed E-state index contributed by atoms with van der Waals surface area (Å²) >= 11 is 0. The van der Waals surface area contributed by atoms with Crippen molar-refractivity contribution in [2.24, 2.45) is 0 Å². The number of rotatable bonds is 6. The van der Waals surface area contributed by atoms with E-state index in [-0.39, 0.29) is 29.3 Å². The lowest BCUT2D eigenvalue weighted by Crippen LogP contribution is -2.23. The molecule has 1 N–H and O–H groups in total. The third kappa shape index (κ3) is 3.69. The normalized spacial score (nSPS) is 10.7. The van der Waals surface area contributed by atoms with E-state index in [4.69, 9.17) is 9.15 Å². The third-order valence-corrected chi connectivity index (χ3v) is 4.12. The lowest BCUT2D eigenvalue weighted by Gasteiger charge is -2.13. The topological polar surface area (TPSA) is 118 Å². The fraction of sp³-hybridized carbons (Fsp3) is 0.211. The number of furan rings is 1. The standard InChI is InChI=1S/C19H18N2O6/c1-3-26-14-5-7-17-15(9-14)11(2)18(27-17)19(23)20-10-12-8-13(21(24)25)4-6-16(12)22/h4-9,22H,3,10H2,1-2H3,(H,20,23)/p-1. The summed E-state index contributed by atoms with van der Waals surface area (Å²) in [5.74, 6) is -0.0962. The van der Waals surface area contributed by atoms with E-state index in [1.54, 1.807) is 25.1 Å². The molecule has 0 saturated heterocycles. The summed E-state index contributed by atoms with van der Waals surface area (Å²) in [6.07, 6.45) is 0. The van der Waals surface area contributed by atoms with Crippen molar-refractivity contribution in [1.29, 1.82) is 0 Å². The Kier molecular flexibility index (Phi) is 4.98. The van der Waals surface area contributed by atoms with E-state index < -0.39 is 10.8 Å². The molecule has 0 aliphatic rings. The number of carbonyl (C=O) groups excluding carboxylic acids is 1. The zero-order valence-corrected chi connectivity index (χ0v) is 14.8. The van der Waals surface area contributed by atoms with Gasteiger partial charge in [-0.25, -0.2) is 0 Å². The van der Waals surface area contributed by atoms with Crippen molar-refractivity contribution in [2.45, 2.75) is 20.4 Å². The first kappa shape index (κ1) is 18.2. The van der Waals surface area contributed by atoms with E-state index >= 15 is 0 Å². The monoisotopic (exact) mass is 369 g/mol. The maximum atomic E-state index is 12.5. The largest absolute Gasteiger partial charge is 0.872 e. The van der Waals surface area contributed by atoms with Gasteiger partial charge in [-0.15, -0.1) is 5.75 Å². The minimum Gasteiger partial charge on any atom is -0.872 e. The number of amides is 1.